The second-order valence-corrected chi connectivity index (χ2v) is 3.69. The zero-order valence-electron chi connectivity index (χ0n) is 10.8. The van der Waals surface area contributed by atoms with Crippen LogP contribution in [0.2, 0.25) is 0 Å². The summed E-state index contributed by atoms with van der Waals surface area (Å²) < 4.78 is 0. The van der Waals surface area contributed by atoms with E-state index in [0.717, 1.165) is 12.8 Å². The first kappa shape index (κ1) is 15.4. The highest BCUT2D eigenvalue weighted by molar-refractivity contribution is 5.88. The van der Waals surface area contributed by atoms with Crippen LogP contribution in [0, 0.1) is 0 Å². The minimum absolute atomic E-state index is 0.0841. The molecule has 2 N–H and O–H groups in total. The van der Waals surface area contributed by atoms with Gasteiger partial charge in [0.1, 0.15) is 0 Å². The highest BCUT2D eigenvalue weighted by atomic mass is 16.2. The summed E-state index contributed by atoms with van der Waals surface area (Å²) in [6.07, 6.45) is 7.97. The molecular formula is C13H22N2O2. The molecule has 0 rings (SSSR count). The molecule has 0 aromatic carbocycles. The first-order valence-corrected chi connectivity index (χ1v) is 5.97. The van der Waals surface area contributed by atoms with E-state index in [2.05, 4.69) is 10.6 Å². The molecule has 0 bridgehead atoms. The molecule has 17 heavy (non-hydrogen) atoms. The summed E-state index contributed by atoms with van der Waals surface area (Å²) in [5.74, 6) is -0.179. The fourth-order valence-electron chi connectivity index (χ4n) is 1.36. The van der Waals surface area contributed by atoms with E-state index in [9.17, 15) is 9.59 Å². The molecule has 0 aliphatic carbocycles. The van der Waals surface area contributed by atoms with E-state index in [4.69, 9.17) is 0 Å². The van der Waals surface area contributed by atoms with Gasteiger partial charge in [0.2, 0.25) is 11.8 Å². The van der Waals surface area contributed by atoms with E-state index in [0.29, 0.717) is 6.54 Å². The maximum atomic E-state index is 11.3. The number of carbonyl (C=O) groups excluding carboxylic acids is 2. The van der Waals surface area contributed by atoms with Crippen molar-refractivity contribution < 1.29 is 9.59 Å². The monoisotopic (exact) mass is 238 g/mol. The molecule has 0 aromatic heterocycles. The molecule has 1 unspecified atom stereocenters. The number of nitrogens with one attached hydrogen (secondary N) is 2. The number of rotatable bonds is 7. The Kier molecular flexibility index (Phi) is 8.74. The average molecular weight is 238 g/mol. The molecule has 0 fully saturated rings. The van der Waals surface area contributed by atoms with Gasteiger partial charge in [-0.05, 0) is 38.8 Å². The molecule has 0 aliphatic heterocycles. The number of amides is 2. The summed E-state index contributed by atoms with van der Waals surface area (Å²) in [6, 6.07) is 0.101. The third-order valence-corrected chi connectivity index (χ3v) is 2.27. The van der Waals surface area contributed by atoms with Crippen molar-refractivity contribution in [3.8, 4) is 0 Å². The quantitative estimate of drug-likeness (QED) is 0.661. The van der Waals surface area contributed by atoms with Gasteiger partial charge in [-0.3, -0.25) is 9.59 Å². The van der Waals surface area contributed by atoms with Gasteiger partial charge in [0.05, 0.1) is 0 Å². The van der Waals surface area contributed by atoms with Crippen LogP contribution in [0.3, 0.4) is 0 Å². The van der Waals surface area contributed by atoms with Crippen molar-refractivity contribution in [3.05, 3.63) is 24.3 Å². The van der Waals surface area contributed by atoms with Gasteiger partial charge < -0.3 is 10.6 Å². The molecule has 2 amide bonds. The lowest BCUT2D eigenvalue weighted by atomic mass is 10.1. The molecule has 0 spiro atoms. The first-order chi connectivity index (χ1) is 8.13. The second kappa shape index (κ2) is 9.63. The average Bonchev–Trinajstić information content (AvgIpc) is 2.28. The van der Waals surface area contributed by atoms with Crippen molar-refractivity contribution in [2.24, 2.45) is 0 Å². The van der Waals surface area contributed by atoms with Crippen LogP contribution in [-0.2, 0) is 9.59 Å². The zero-order chi connectivity index (χ0) is 13.1. The Hall–Kier alpha value is -1.58. The van der Waals surface area contributed by atoms with Gasteiger partial charge in [-0.15, -0.1) is 0 Å². The summed E-state index contributed by atoms with van der Waals surface area (Å²) in [5, 5.41) is 5.64. The van der Waals surface area contributed by atoms with E-state index >= 15 is 0 Å². The lowest BCUT2D eigenvalue weighted by molar-refractivity contribution is -0.117. The minimum Gasteiger partial charge on any atom is -0.352 e. The SMILES string of the molecule is CC=CC(=O)NCCC(CC)NC(=O)C=CC. The van der Waals surface area contributed by atoms with Crippen molar-refractivity contribution in [1.29, 1.82) is 0 Å². The molecule has 4 heteroatoms. The van der Waals surface area contributed by atoms with Crippen molar-refractivity contribution >= 4 is 11.8 Å². The summed E-state index contributed by atoms with van der Waals surface area (Å²) in [6.45, 7) is 6.18. The number of hydrogen-bond acceptors (Lipinski definition) is 2. The van der Waals surface area contributed by atoms with Crippen LogP contribution in [0.15, 0.2) is 24.3 Å². The van der Waals surface area contributed by atoms with Crippen LogP contribution in [0.4, 0.5) is 0 Å². The third kappa shape index (κ3) is 8.25. The highest BCUT2D eigenvalue weighted by Crippen LogP contribution is 1.96. The first-order valence-electron chi connectivity index (χ1n) is 5.97. The standard InChI is InChI=1S/C13H22N2O2/c1-4-7-12(16)14-10-9-11(6-3)15-13(17)8-5-2/h4-5,7-8,11H,6,9-10H2,1-3H3,(H,14,16)(H,15,17). The molecule has 0 aromatic rings. The highest BCUT2D eigenvalue weighted by Gasteiger charge is 2.08. The topological polar surface area (TPSA) is 58.2 Å². The maximum Gasteiger partial charge on any atom is 0.243 e. The van der Waals surface area contributed by atoms with Gasteiger partial charge >= 0.3 is 0 Å². The smallest absolute Gasteiger partial charge is 0.243 e. The van der Waals surface area contributed by atoms with Crippen LogP contribution >= 0.6 is 0 Å². The van der Waals surface area contributed by atoms with E-state index in [1.54, 1.807) is 26.0 Å². The number of allylic oxidation sites excluding steroid dienone is 2. The fourth-order valence-corrected chi connectivity index (χ4v) is 1.36. The van der Waals surface area contributed by atoms with Gasteiger partial charge in [-0.1, -0.05) is 19.1 Å². The lowest BCUT2D eigenvalue weighted by Gasteiger charge is -2.15. The fraction of sp³-hybridized carbons (Fsp3) is 0.538. The Morgan fingerprint density at radius 1 is 1.12 bits per heavy atom. The Morgan fingerprint density at radius 3 is 2.24 bits per heavy atom. The molecule has 96 valence electrons. The maximum absolute atomic E-state index is 11.3. The molecule has 4 nitrogen and oxygen atoms in total. The van der Waals surface area contributed by atoms with E-state index in [-0.39, 0.29) is 17.9 Å². The molecule has 0 aliphatic rings. The van der Waals surface area contributed by atoms with Gasteiger partial charge in [0.15, 0.2) is 0 Å². The van der Waals surface area contributed by atoms with Gasteiger partial charge in [0, 0.05) is 12.6 Å². The van der Waals surface area contributed by atoms with Crippen molar-refractivity contribution in [2.75, 3.05) is 6.54 Å². The van der Waals surface area contributed by atoms with Crippen LogP contribution in [0.25, 0.3) is 0 Å². The summed E-state index contributed by atoms with van der Waals surface area (Å²) in [5.41, 5.74) is 0. The Labute approximate surface area is 103 Å². The Bertz CT molecular complexity index is 296. The Morgan fingerprint density at radius 2 is 1.71 bits per heavy atom. The van der Waals surface area contributed by atoms with Crippen LogP contribution in [-0.4, -0.2) is 24.4 Å². The molecule has 1 atom stereocenters. The third-order valence-electron chi connectivity index (χ3n) is 2.27. The summed E-state index contributed by atoms with van der Waals surface area (Å²) in [7, 11) is 0. The van der Waals surface area contributed by atoms with Crippen LogP contribution < -0.4 is 10.6 Å². The lowest BCUT2D eigenvalue weighted by Crippen LogP contribution is -2.36. The van der Waals surface area contributed by atoms with Crippen molar-refractivity contribution in [3.63, 3.8) is 0 Å². The molecule has 0 heterocycles. The summed E-state index contributed by atoms with van der Waals surface area (Å²) >= 11 is 0. The number of hydrogen-bond donors (Lipinski definition) is 2. The van der Waals surface area contributed by atoms with E-state index < -0.39 is 0 Å². The van der Waals surface area contributed by atoms with E-state index in [1.807, 2.05) is 6.92 Å². The molecule has 0 radical (unpaired) electrons. The van der Waals surface area contributed by atoms with Gasteiger partial charge in [0.25, 0.3) is 0 Å². The molecular weight excluding hydrogens is 216 g/mol. The van der Waals surface area contributed by atoms with Crippen molar-refractivity contribution in [2.45, 2.75) is 39.7 Å². The van der Waals surface area contributed by atoms with Crippen molar-refractivity contribution in [1.82, 2.24) is 10.6 Å². The molecule has 0 saturated heterocycles. The zero-order valence-corrected chi connectivity index (χ0v) is 10.8. The predicted octanol–water partition coefficient (Wildman–Crippen LogP) is 1.54. The van der Waals surface area contributed by atoms with Gasteiger partial charge in [-0.2, -0.15) is 0 Å². The van der Waals surface area contributed by atoms with E-state index in [1.165, 1.54) is 12.2 Å². The number of carbonyl (C=O) groups is 2. The van der Waals surface area contributed by atoms with Crippen LogP contribution in [0.1, 0.15) is 33.6 Å². The summed E-state index contributed by atoms with van der Waals surface area (Å²) in [4.78, 5) is 22.5. The molecule has 0 saturated carbocycles. The predicted molar refractivity (Wildman–Crippen MR) is 69.5 cm³/mol. The Balaban J connectivity index is 3.90. The normalized spacial score (nSPS) is 12.9. The second-order valence-electron chi connectivity index (χ2n) is 3.69. The largest absolute Gasteiger partial charge is 0.352 e. The van der Waals surface area contributed by atoms with Gasteiger partial charge in [-0.25, -0.2) is 0 Å². The minimum atomic E-state index is -0.0952. The van der Waals surface area contributed by atoms with Crippen LogP contribution in [0.5, 0.6) is 0 Å².